The number of benzene rings is 1. The molecule has 2 heterocycles. The molecule has 108 valence electrons. The summed E-state index contributed by atoms with van der Waals surface area (Å²) in [4.78, 5) is 0. The van der Waals surface area contributed by atoms with Crippen LogP contribution in [0.4, 0.5) is 14.7 Å². The summed E-state index contributed by atoms with van der Waals surface area (Å²) >= 11 is 0. The Kier molecular flexibility index (Phi) is 3.39. The van der Waals surface area contributed by atoms with Gasteiger partial charge in [0.1, 0.15) is 5.69 Å². The van der Waals surface area contributed by atoms with Gasteiger partial charge in [0, 0.05) is 17.7 Å². The molecular formula is C14H11F2N3O2. The van der Waals surface area contributed by atoms with Crippen LogP contribution in [0.3, 0.4) is 0 Å². The van der Waals surface area contributed by atoms with E-state index >= 15 is 0 Å². The average Bonchev–Trinajstić information content (AvgIpc) is 3.08. The van der Waals surface area contributed by atoms with Crippen molar-refractivity contribution in [3.8, 4) is 11.3 Å². The van der Waals surface area contributed by atoms with Gasteiger partial charge < -0.3 is 14.4 Å². The van der Waals surface area contributed by atoms with Crippen LogP contribution in [0.5, 0.6) is 0 Å². The molecule has 7 heteroatoms. The molecule has 0 saturated carbocycles. The maximum Gasteiger partial charge on any atom is 0.225 e. The van der Waals surface area contributed by atoms with E-state index < -0.39 is 11.6 Å². The predicted octanol–water partition coefficient (Wildman–Crippen LogP) is 3.53. The minimum Gasteiger partial charge on any atom is -0.359 e. The van der Waals surface area contributed by atoms with Gasteiger partial charge in [0.05, 0.1) is 12.2 Å². The Morgan fingerprint density at radius 3 is 2.62 bits per heavy atom. The number of rotatable bonds is 4. The molecule has 0 fully saturated rings. The van der Waals surface area contributed by atoms with Gasteiger partial charge in [0.2, 0.25) is 5.88 Å². The van der Waals surface area contributed by atoms with E-state index in [4.69, 9.17) is 9.05 Å². The number of halogens is 2. The third kappa shape index (κ3) is 2.91. The Morgan fingerprint density at radius 2 is 1.90 bits per heavy atom. The molecule has 0 saturated heterocycles. The zero-order valence-electron chi connectivity index (χ0n) is 11.1. The number of nitrogens with one attached hydrogen (secondary N) is 1. The van der Waals surface area contributed by atoms with Crippen molar-refractivity contribution < 1.29 is 17.8 Å². The molecule has 0 amide bonds. The van der Waals surface area contributed by atoms with E-state index in [2.05, 4.69) is 15.6 Å². The number of nitrogens with zero attached hydrogens (tertiary/aromatic N) is 2. The molecule has 3 rings (SSSR count). The standard InChI is InChI=1S/C14H11F2N3O2/c1-8-4-14(21-18-8)17-7-10-6-13(19-20-10)9-2-3-11(15)12(16)5-9/h2-6,17H,7H2,1H3. The van der Waals surface area contributed by atoms with E-state index in [9.17, 15) is 8.78 Å². The minimum atomic E-state index is -0.924. The molecule has 2 aromatic heterocycles. The van der Waals surface area contributed by atoms with E-state index in [1.54, 1.807) is 12.1 Å². The van der Waals surface area contributed by atoms with Crippen molar-refractivity contribution in [2.45, 2.75) is 13.5 Å². The summed E-state index contributed by atoms with van der Waals surface area (Å²) in [6, 6.07) is 6.95. The van der Waals surface area contributed by atoms with Crippen LogP contribution in [0.15, 0.2) is 39.4 Å². The van der Waals surface area contributed by atoms with Gasteiger partial charge in [0.25, 0.3) is 0 Å². The normalized spacial score (nSPS) is 10.8. The highest BCUT2D eigenvalue weighted by atomic mass is 19.2. The number of anilines is 1. The summed E-state index contributed by atoms with van der Waals surface area (Å²) < 4.78 is 36.2. The van der Waals surface area contributed by atoms with Crippen molar-refractivity contribution in [1.82, 2.24) is 10.3 Å². The summed E-state index contributed by atoms with van der Waals surface area (Å²) in [5, 5.41) is 10.5. The first kappa shape index (κ1) is 13.3. The quantitative estimate of drug-likeness (QED) is 0.796. The van der Waals surface area contributed by atoms with Crippen molar-refractivity contribution in [2.75, 3.05) is 5.32 Å². The molecule has 0 atom stereocenters. The fourth-order valence-corrected chi connectivity index (χ4v) is 1.81. The summed E-state index contributed by atoms with van der Waals surface area (Å²) in [5.41, 5.74) is 1.64. The molecule has 0 aliphatic rings. The van der Waals surface area contributed by atoms with Crippen LogP contribution in [0.25, 0.3) is 11.3 Å². The maximum atomic E-state index is 13.2. The highest BCUT2D eigenvalue weighted by molar-refractivity contribution is 5.58. The monoisotopic (exact) mass is 291 g/mol. The zero-order valence-corrected chi connectivity index (χ0v) is 11.1. The van der Waals surface area contributed by atoms with E-state index in [0.717, 1.165) is 17.8 Å². The Balaban J connectivity index is 1.72. The van der Waals surface area contributed by atoms with Crippen molar-refractivity contribution in [2.24, 2.45) is 0 Å². The zero-order chi connectivity index (χ0) is 14.8. The molecule has 0 aliphatic carbocycles. The van der Waals surface area contributed by atoms with Gasteiger partial charge in [-0.1, -0.05) is 10.3 Å². The highest BCUT2D eigenvalue weighted by Gasteiger charge is 2.10. The molecule has 1 aromatic carbocycles. The van der Waals surface area contributed by atoms with E-state index in [1.807, 2.05) is 6.92 Å². The Bertz CT molecular complexity index is 767. The maximum absolute atomic E-state index is 13.2. The lowest BCUT2D eigenvalue weighted by Crippen LogP contribution is -1.96. The van der Waals surface area contributed by atoms with Gasteiger partial charge in [-0.05, 0) is 25.1 Å². The summed E-state index contributed by atoms with van der Waals surface area (Å²) in [6.45, 7) is 2.15. The van der Waals surface area contributed by atoms with Crippen LogP contribution in [0.1, 0.15) is 11.5 Å². The first-order valence-electron chi connectivity index (χ1n) is 6.20. The molecule has 21 heavy (non-hydrogen) atoms. The van der Waals surface area contributed by atoms with Gasteiger partial charge in [-0.3, -0.25) is 0 Å². The van der Waals surface area contributed by atoms with Crippen molar-refractivity contribution in [1.29, 1.82) is 0 Å². The van der Waals surface area contributed by atoms with E-state index in [0.29, 0.717) is 29.4 Å². The molecule has 0 aliphatic heterocycles. The third-order valence-electron chi connectivity index (χ3n) is 2.84. The van der Waals surface area contributed by atoms with Gasteiger partial charge in [-0.2, -0.15) is 0 Å². The smallest absolute Gasteiger partial charge is 0.225 e. The molecule has 3 aromatic rings. The molecule has 0 radical (unpaired) electrons. The second-order valence-electron chi connectivity index (χ2n) is 4.49. The topological polar surface area (TPSA) is 64.1 Å². The van der Waals surface area contributed by atoms with E-state index in [-0.39, 0.29) is 0 Å². The van der Waals surface area contributed by atoms with Gasteiger partial charge in [-0.25, -0.2) is 8.78 Å². The van der Waals surface area contributed by atoms with Crippen LogP contribution in [-0.2, 0) is 6.54 Å². The number of aromatic nitrogens is 2. The summed E-state index contributed by atoms with van der Waals surface area (Å²) in [7, 11) is 0. The summed E-state index contributed by atoms with van der Waals surface area (Å²) in [5.74, 6) is -0.779. The Morgan fingerprint density at radius 1 is 1.05 bits per heavy atom. The fourth-order valence-electron chi connectivity index (χ4n) is 1.81. The number of aryl methyl sites for hydroxylation is 1. The molecule has 0 spiro atoms. The number of hydrogen-bond acceptors (Lipinski definition) is 5. The van der Waals surface area contributed by atoms with Gasteiger partial charge in [0.15, 0.2) is 17.4 Å². The second-order valence-corrected chi connectivity index (χ2v) is 4.49. The van der Waals surface area contributed by atoms with Crippen LogP contribution in [0.2, 0.25) is 0 Å². The van der Waals surface area contributed by atoms with Crippen molar-refractivity contribution in [3.05, 3.63) is 53.4 Å². The largest absolute Gasteiger partial charge is 0.359 e. The lowest BCUT2D eigenvalue weighted by atomic mass is 10.1. The highest BCUT2D eigenvalue weighted by Crippen LogP contribution is 2.22. The second kappa shape index (κ2) is 5.35. The van der Waals surface area contributed by atoms with Crippen LogP contribution in [0, 0.1) is 18.6 Å². The van der Waals surface area contributed by atoms with Crippen molar-refractivity contribution in [3.63, 3.8) is 0 Å². The SMILES string of the molecule is Cc1cc(NCc2cc(-c3ccc(F)c(F)c3)no2)on1. The van der Waals surface area contributed by atoms with Gasteiger partial charge >= 0.3 is 0 Å². The first-order valence-corrected chi connectivity index (χ1v) is 6.20. The van der Waals surface area contributed by atoms with Crippen LogP contribution >= 0.6 is 0 Å². The average molecular weight is 291 g/mol. The molecular weight excluding hydrogens is 280 g/mol. The third-order valence-corrected chi connectivity index (χ3v) is 2.84. The number of hydrogen-bond donors (Lipinski definition) is 1. The molecule has 0 bridgehead atoms. The van der Waals surface area contributed by atoms with Crippen molar-refractivity contribution >= 4 is 5.88 Å². The molecule has 0 unspecified atom stereocenters. The Labute approximate surface area is 118 Å². The van der Waals surface area contributed by atoms with E-state index in [1.165, 1.54) is 6.07 Å². The molecule has 1 N–H and O–H groups in total. The first-order chi connectivity index (χ1) is 10.1. The van der Waals surface area contributed by atoms with Crippen LogP contribution < -0.4 is 5.32 Å². The van der Waals surface area contributed by atoms with Crippen LogP contribution in [-0.4, -0.2) is 10.3 Å². The lowest BCUT2D eigenvalue weighted by molar-refractivity contribution is 0.385. The lowest BCUT2D eigenvalue weighted by Gasteiger charge is -1.97. The van der Waals surface area contributed by atoms with Gasteiger partial charge in [-0.15, -0.1) is 0 Å². The fraction of sp³-hybridized carbons (Fsp3) is 0.143. The summed E-state index contributed by atoms with van der Waals surface area (Å²) in [6.07, 6.45) is 0. The minimum absolute atomic E-state index is 0.339. The Hall–Kier alpha value is -2.70. The molecule has 5 nitrogen and oxygen atoms in total. The predicted molar refractivity (Wildman–Crippen MR) is 70.4 cm³/mol.